The van der Waals surface area contributed by atoms with Crippen LogP contribution in [0.2, 0.25) is 0 Å². The smallest absolute Gasteiger partial charge is 0.230 e. The molecule has 2 atom stereocenters. The van der Waals surface area contributed by atoms with Crippen molar-refractivity contribution in [1.82, 2.24) is 0 Å². The van der Waals surface area contributed by atoms with Gasteiger partial charge in [-0.15, -0.1) is 0 Å². The lowest BCUT2D eigenvalue weighted by Gasteiger charge is -2.48. The van der Waals surface area contributed by atoms with Gasteiger partial charge in [-0.3, -0.25) is 0 Å². The van der Waals surface area contributed by atoms with Crippen molar-refractivity contribution >= 4 is 0 Å². The van der Waals surface area contributed by atoms with Gasteiger partial charge in [0, 0.05) is 17.9 Å². The van der Waals surface area contributed by atoms with Gasteiger partial charge in [-0.05, 0) is 101 Å². The Bertz CT molecular complexity index is 1510. The second-order valence-electron chi connectivity index (χ2n) is 13.8. The molecule has 0 N–H and O–H groups in total. The van der Waals surface area contributed by atoms with Gasteiger partial charge in [-0.25, -0.2) is 0 Å². The molecule has 1 saturated carbocycles. The Morgan fingerprint density at radius 3 is 1.44 bits per heavy atom. The predicted molar refractivity (Wildman–Crippen MR) is 181 cm³/mol. The molecular formula is C40H48O5. The van der Waals surface area contributed by atoms with Crippen molar-refractivity contribution in [2.75, 3.05) is 27.8 Å². The molecule has 0 aliphatic heterocycles. The lowest BCUT2D eigenvalue weighted by molar-refractivity contribution is 0.0511. The maximum Gasteiger partial charge on any atom is 0.230 e. The molecule has 1 aliphatic rings. The van der Waals surface area contributed by atoms with Crippen LogP contribution in [0.25, 0.3) is 0 Å². The van der Waals surface area contributed by atoms with Gasteiger partial charge in [0.05, 0.1) is 7.11 Å². The first-order valence-electron chi connectivity index (χ1n) is 15.9. The second kappa shape index (κ2) is 13.6. The van der Waals surface area contributed by atoms with Crippen molar-refractivity contribution in [1.29, 1.82) is 0 Å². The largest absolute Gasteiger partial charge is 0.497 e. The molecule has 0 spiro atoms. The summed E-state index contributed by atoms with van der Waals surface area (Å²) >= 11 is 0. The Hall–Kier alpha value is -3.96. The van der Waals surface area contributed by atoms with Crippen molar-refractivity contribution < 1.29 is 23.7 Å². The molecule has 4 aromatic rings. The highest BCUT2D eigenvalue weighted by Crippen LogP contribution is 2.53. The summed E-state index contributed by atoms with van der Waals surface area (Å²) < 4.78 is 28.0. The van der Waals surface area contributed by atoms with Crippen LogP contribution in [0.15, 0.2) is 97.1 Å². The fraction of sp³-hybridized carbons (Fsp3) is 0.400. The highest BCUT2D eigenvalue weighted by Gasteiger charge is 2.45. The maximum absolute atomic E-state index is 6.03. The number of hydrogen-bond donors (Lipinski definition) is 0. The van der Waals surface area contributed by atoms with E-state index >= 15 is 0 Å². The van der Waals surface area contributed by atoms with Crippen molar-refractivity contribution in [3.05, 3.63) is 119 Å². The molecule has 1 fully saturated rings. The van der Waals surface area contributed by atoms with Gasteiger partial charge in [0.2, 0.25) is 6.79 Å². The molecule has 45 heavy (non-hydrogen) atoms. The molecule has 2 unspecified atom stereocenters. The monoisotopic (exact) mass is 608 g/mol. The quantitative estimate of drug-likeness (QED) is 0.150. The first-order chi connectivity index (χ1) is 21.5. The third-order valence-corrected chi connectivity index (χ3v) is 9.37. The minimum Gasteiger partial charge on any atom is -0.497 e. The number of benzene rings is 4. The molecule has 0 saturated heterocycles. The van der Waals surface area contributed by atoms with E-state index in [-0.39, 0.29) is 29.8 Å². The molecule has 1 aliphatic carbocycles. The minimum atomic E-state index is -0.176. The molecule has 0 radical (unpaired) electrons. The summed E-state index contributed by atoms with van der Waals surface area (Å²) in [7, 11) is 3.34. The topological polar surface area (TPSA) is 46.2 Å². The molecule has 5 nitrogen and oxygen atoms in total. The molecular weight excluding hydrogens is 560 g/mol. The maximum atomic E-state index is 6.03. The predicted octanol–water partition coefficient (Wildman–Crippen LogP) is 9.55. The van der Waals surface area contributed by atoms with E-state index in [0.29, 0.717) is 5.92 Å². The molecule has 0 aromatic heterocycles. The summed E-state index contributed by atoms with van der Waals surface area (Å²) in [5, 5.41) is 0. The number of hydrogen-bond acceptors (Lipinski definition) is 5. The van der Waals surface area contributed by atoms with E-state index < -0.39 is 0 Å². The molecule has 0 amide bonds. The zero-order valence-electron chi connectivity index (χ0n) is 27.9. The van der Waals surface area contributed by atoms with E-state index in [0.717, 1.165) is 35.8 Å². The Balaban J connectivity index is 1.23. The molecule has 5 rings (SSSR count). The minimum absolute atomic E-state index is 0.0577. The molecule has 4 aromatic carbocycles. The van der Waals surface area contributed by atoms with E-state index in [9.17, 15) is 0 Å². The van der Waals surface area contributed by atoms with Gasteiger partial charge in [-0.2, -0.15) is 0 Å². The Morgan fingerprint density at radius 2 is 1.02 bits per heavy atom. The van der Waals surface area contributed by atoms with Crippen LogP contribution in [0.1, 0.15) is 76.1 Å². The Kier molecular flexibility index (Phi) is 9.79. The van der Waals surface area contributed by atoms with Crippen molar-refractivity contribution in [3.63, 3.8) is 0 Å². The SMILES string of the molecule is COCOc1ccc(C(C)(C)c2ccc(OCOc3ccc(C4(c5ccc(OC)cc5)CC(C)CC(C)(C)C4)cc3)cc2)cc1. The normalized spacial score (nSPS) is 19.5. The molecule has 0 heterocycles. The summed E-state index contributed by atoms with van der Waals surface area (Å²) in [6, 6.07) is 33.7. The summed E-state index contributed by atoms with van der Waals surface area (Å²) in [6.07, 6.45) is 3.45. The van der Waals surface area contributed by atoms with Gasteiger partial charge < -0.3 is 23.7 Å². The van der Waals surface area contributed by atoms with E-state index in [1.165, 1.54) is 28.7 Å². The van der Waals surface area contributed by atoms with Crippen LogP contribution in [0.5, 0.6) is 23.0 Å². The molecule has 5 heteroatoms. The van der Waals surface area contributed by atoms with Crippen LogP contribution in [0.3, 0.4) is 0 Å². The average molecular weight is 609 g/mol. The van der Waals surface area contributed by atoms with Gasteiger partial charge >= 0.3 is 0 Å². The van der Waals surface area contributed by atoms with Crippen LogP contribution < -0.4 is 18.9 Å². The highest BCUT2D eigenvalue weighted by molar-refractivity contribution is 5.45. The fourth-order valence-electron chi connectivity index (χ4n) is 7.35. The van der Waals surface area contributed by atoms with Crippen molar-refractivity contribution in [3.8, 4) is 23.0 Å². The van der Waals surface area contributed by atoms with Crippen LogP contribution in [0, 0.1) is 11.3 Å². The standard InChI is InChI=1S/C40H48O5/c1-29-24-38(2,3)26-40(25-29,32-12-16-34(42-7)17-13-32)33-14-22-37(23-15-33)45-28-44-36-20-10-31(11-21-36)39(4,5)30-8-18-35(19-9-30)43-27-41-6/h8-23,29H,24-28H2,1-7H3. The number of ether oxygens (including phenoxy) is 5. The number of methoxy groups -OCH3 is 2. The lowest BCUT2D eigenvalue weighted by atomic mass is 9.55. The van der Waals surface area contributed by atoms with Gasteiger partial charge in [0.15, 0.2) is 6.79 Å². The third-order valence-electron chi connectivity index (χ3n) is 9.37. The first kappa shape index (κ1) is 32.4. The van der Waals surface area contributed by atoms with Gasteiger partial charge in [0.1, 0.15) is 23.0 Å². The van der Waals surface area contributed by atoms with Crippen LogP contribution in [0.4, 0.5) is 0 Å². The Labute approximate surface area is 269 Å². The van der Waals surface area contributed by atoms with E-state index in [2.05, 4.69) is 107 Å². The van der Waals surface area contributed by atoms with Crippen LogP contribution in [-0.4, -0.2) is 27.8 Å². The average Bonchev–Trinajstić information content (AvgIpc) is 3.03. The summed E-state index contributed by atoms with van der Waals surface area (Å²) in [6.45, 7) is 12.0. The zero-order chi connectivity index (χ0) is 32.1. The van der Waals surface area contributed by atoms with Crippen LogP contribution >= 0.6 is 0 Å². The first-order valence-corrected chi connectivity index (χ1v) is 15.9. The highest BCUT2D eigenvalue weighted by atomic mass is 16.7. The van der Waals surface area contributed by atoms with E-state index in [1.807, 2.05) is 24.3 Å². The number of rotatable bonds is 12. The lowest BCUT2D eigenvalue weighted by Crippen LogP contribution is -2.41. The second-order valence-corrected chi connectivity index (χ2v) is 13.8. The van der Waals surface area contributed by atoms with Crippen LogP contribution in [-0.2, 0) is 15.6 Å². The van der Waals surface area contributed by atoms with Crippen molar-refractivity contribution in [2.45, 2.75) is 64.7 Å². The van der Waals surface area contributed by atoms with Gasteiger partial charge in [0.25, 0.3) is 0 Å². The summed E-state index contributed by atoms with van der Waals surface area (Å²) in [5.74, 6) is 3.87. The van der Waals surface area contributed by atoms with E-state index in [4.69, 9.17) is 23.7 Å². The summed E-state index contributed by atoms with van der Waals surface area (Å²) in [4.78, 5) is 0. The molecule has 0 bridgehead atoms. The fourth-order valence-corrected chi connectivity index (χ4v) is 7.35. The zero-order valence-corrected chi connectivity index (χ0v) is 27.9. The third kappa shape index (κ3) is 7.48. The molecule has 238 valence electrons. The summed E-state index contributed by atoms with van der Waals surface area (Å²) in [5.41, 5.74) is 5.09. The Morgan fingerprint density at radius 1 is 0.600 bits per heavy atom. The van der Waals surface area contributed by atoms with E-state index in [1.54, 1.807) is 14.2 Å². The van der Waals surface area contributed by atoms with Gasteiger partial charge in [-0.1, -0.05) is 83.1 Å². The van der Waals surface area contributed by atoms with Crippen molar-refractivity contribution in [2.24, 2.45) is 11.3 Å².